The number of halogens is 1. The van der Waals surface area contributed by atoms with E-state index in [0.717, 1.165) is 22.9 Å². The summed E-state index contributed by atoms with van der Waals surface area (Å²) >= 11 is 3.38. The molecule has 1 aliphatic carbocycles. The molecule has 1 aromatic carbocycles. The van der Waals surface area contributed by atoms with Gasteiger partial charge in [0.15, 0.2) is 0 Å². The summed E-state index contributed by atoms with van der Waals surface area (Å²) in [6.07, 6.45) is 2.46. The Kier molecular flexibility index (Phi) is 5.22. The standard InChI is InChI=1S/C15H19BrN2O3/c1-9-5-6-12(16)13(7-9)18-15(21)17-8-10-3-2-4-11(10)14(19)20/h5-7,10-11H,2-4,8H2,1H3,(H,19,20)(H2,17,18,21). The Morgan fingerprint density at radius 1 is 1.38 bits per heavy atom. The summed E-state index contributed by atoms with van der Waals surface area (Å²) in [5, 5.41) is 14.7. The number of aliphatic carboxylic acids is 1. The van der Waals surface area contributed by atoms with Gasteiger partial charge in [-0.2, -0.15) is 0 Å². The molecule has 3 N–H and O–H groups in total. The number of hydrogen-bond donors (Lipinski definition) is 3. The van der Waals surface area contributed by atoms with Gasteiger partial charge in [0.05, 0.1) is 11.6 Å². The lowest BCUT2D eigenvalue weighted by Gasteiger charge is -2.17. The number of hydrogen-bond acceptors (Lipinski definition) is 2. The van der Waals surface area contributed by atoms with Gasteiger partial charge in [-0.05, 0) is 59.3 Å². The molecule has 0 aromatic heterocycles. The Labute approximate surface area is 132 Å². The van der Waals surface area contributed by atoms with E-state index in [2.05, 4.69) is 26.6 Å². The fourth-order valence-corrected chi connectivity index (χ4v) is 3.08. The Morgan fingerprint density at radius 2 is 2.14 bits per heavy atom. The van der Waals surface area contributed by atoms with Crippen LogP contribution in [0.4, 0.5) is 10.5 Å². The highest BCUT2D eigenvalue weighted by atomic mass is 79.9. The maximum absolute atomic E-state index is 11.9. The van der Waals surface area contributed by atoms with Crippen molar-refractivity contribution in [3.05, 3.63) is 28.2 Å². The lowest BCUT2D eigenvalue weighted by molar-refractivity contribution is -0.142. The van der Waals surface area contributed by atoms with Gasteiger partial charge in [-0.25, -0.2) is 4.79 Å². The van der Waals surface area contributed by atoms with E-state index in [1.54, 1.807) is 0 Å². The quantitative estimate of drug-likeness (QED) is 0.775. The normalized spacial score (nSPS) is 21.0. The van der Waals surface area contributed by atoms with Crippen LogP contribution in [0.1, 0.15) is 24.8 Å². The smallest absolute Gasteiger partial charge is 0.319 e. The Morgan fingerprint density at radius 3 is 2.86 bits per heavy atom. The van der Waals surface area contributed by atoms with Gasteiger partial charge in [-0.15, -0.1) is 0 Å². The first kappa shape index (κ1) is 15.8. The zero-order valence-electron chi connectivity index (χ0n) is 11.9. The number of carbonyl (C=O) groups is 2. The molecule has 0 radical (unpaired) electrons. The van der Waals surface area contributed by atoms with Crippen molar-refractivity contribution in [1.29, 1.82) is 0 Å². The molecule has 2 atom stereocenters. The average molecular weight is 355 g/mol. The Balaban J connectivity index is 1.87. The van der Waals surface area contributed by atoms with Crippen LogP contribution >= 0.6 is 15.9 Å². The monoisotopic (exact) mass is 354 g/mol. The van der Waals surface area contributed by atoms with Crippen molar-refractivity contribution >= 4 is 33.6 Å². The third-order valence-corrected chi connectivity index (χ3v) is 4.56. The number of carboxylic acids is 1. The fourth-order valence-electron chi connectivity index (χ4n) is 2.73. The molecule has 1 aromatic rings. The van der Waals surface area contributed by atoms with Crippen molar-refractivity contribution in [1.82, 2.24) is 5.32 Å². The van der Waals surface area contributed by atoms with E-state index < -0.39 is 5.97 Å². The zero-order chi connectivity index (χ0) is 15.4. The van der Waals surface area contributed by atoms with Crippen LogP contribution in [0.2, 0.25) is 0 Å². The lowest BCUT2D eigenvalue weighted by Crippen LogP contribution is -2.35. The fraction of sp³-hybridized carbons (Fsp3) is 0.467. The molecule has 1 fully saturated rings. The average Bonchev–Trinajstić information content (AvgIpc) is 2.89. The van der Waals surface area contributed by atoms with Crippen LogP contribution in [-0.4, -0.2) is 23.7 Å². The summed E-state index contributed by atoms with van der Waals surface area (Å²) in [6.45, 7) is 2.34. The van der Waals surface area contributed by atoms with Crippen molar-refractivity contribution in [2.45, 2.75) is 26.2 Å². The summed E-state index contributed by atoms with van der Waals surface area (Å²) < 4.78 is 0.813. The van der Waals surface area contributed by atoms with E-state index in [1.165, 1.54) is 0 Å². The van der Waals surface area contributed by atoms with Crippen LogP contribution in [0.3, 0.4) is 0 Å². The third-order valence-electron chi connectivity index (χ3n) is 3.87. The van der Waals surface area contributed by atoms with Crippen LogP contribution in [0.5, 0.6) is 0 Å². The van der Waals surface area contributed by atoms with Crippen molar-refractivity contribution in [3.8, 4) is 0 Å². The molecule has 2 unspecified atom stereocenters. The van der Waals surface area contributed by atoms with E-state index >= 15 is 0 Å². The summed E-state index contributed by atoms with van der Waals surface area (Å²) in [6, 6.07) is 5.39. The van der Waals surface area contributed by atoms with Gasteiger partial charge in [0.1, 0.15) is 0 Å². The molecule has 0 heterocycles. The minimum atomic E-state index is -0.763. The summed E-state index contributed by atoms with van der Waals surface area (Å²) in [5.74, 6) is -1.08. The maximum Gasteiger partial charge on any atom is 0.319 e. The van der Waals surface area contributed by atoms with E-state index in [1.807, 2.05) is 25.1 Å². The molecule has 6 heteroatoms. The largest absolute Gasteiger partial charge is 0.481 e. The van der Waals surface area contributed by atoms with Crippen LogP contribution in [0.25, 0.3) is 0 Å². The Bertz CT molecular complexity index is 548. The second kappa shape index (κ2) is 6.93. The van der Waals surface area contributed by atoms with Gasteiger partial charge in [-0.1, -0.05) is 12.5 Å². The second-order valence-electron chi connectivity index (χ2n) is 5.45. The van der Waals surface area contributed by atoms with Gasteiger partial charge in [-0.3, -0.25) is 4.79 Å². The van der Waals surface area contributed by atoms with Crippen LogP contribution in [0, 0.1) is 18.8 Å². The van der Waals surface area contributed by atoms with Gasteiger partial charge in [0.2, 0.25) is 0 Å². The highest BCUT2D eigenvalue weighted by Crippen LogP contribution is 2.31. The number of anilines is 1. The first-order valence-corrected chi connectivity index (χ1v) is 7.80. The van der Waals surface area contributed by atoms with Gasteiger partial charge < -0.3 is 15.7 Å². The molecule has 0 bridgehead atoms. The number of aryl methyl sites for hydroxylation is 1. The molecule has 0 spiro atoms. The molecule has 114 valence electrons. The molecule has 2 amide bonds. The first-order valence-electron chi connectivity index (χ1n) is 7.01. The number of carboxylic acid groups (broad SMARTS) is 1. The van der Waals surface area contributed by atoms with Gasteiger partial charge in [0, 0.05) is 11.0 Å². The number of urea groups is 1. The van der Waals surface area contributed by atoms with E-state index in [0.29, 0.717) is 18.7 Å². The summed E-state index contributed by atoms with van der Waals surface area (Å²) in [5.41, 5.74) is 1.75. The second-order valence-corrected chi connectivity index (χ2v) is 6.31. The molecule has 1 saturated carbocycles. The molecular weight excluding hydrogens is 336 g/mol. The van der Waals surface area contributed by atoms with E-state index in [9.17, 15) is 9.59 Å². The topological polar surface area (TPSA) is 78.4 Å². The van der Waals surface area contributed by atoms with Crippen molar-refractivity contribution in [2.75, 3.05) is 11.9 Å². The predicted octanol–water partition coefficient (Wildman–Crippen LogP) is 3.38. The maximum atomic E-state index is 11.9. The van der Waals surface area contributed by atoms with Gasteiger partial charge >= 0.3 is 12.0 Å². The minimum absolute atomic E-state index is 0.0224. The van der Waals surface area contributed by atoms with Crippen LogP contribution in [0.15, 0.2) is 22.7 Å². The third kappa shape index (κ3) is 4.20. The summed E-state index contributed by atoms with van der Waals surface area (Å²) in [4.78, 5) is 23.0. The molecular formula is C15H19BrN2O3. The lowest BCUT2D eigenvalue weighted by atomic mass is 9.96. The highest BCUT2D eigenvalue weighted by Gasteiger charge is 2.32. The van der Waals surface area contributed by atoms with Crippen molar-refractivity contribution < 1.29 is 14.7 Å². The van der Waals surface area contributed by atoms with Crippen LogP contribution < -0.4 is 10.6 Å². The Hall–Kier alpha value is -1.56. The number of rotatable bonds is 4. The first-order chi connectivity index (χ1) is 9.97. The SMILES string of the molecule is Cc1ccc(Br)c(NC(=O)NCC2CCCC2C(=O)O)c1. The van der Waals surface area contributed by atoms with Crippen molar-refractivity contribution in [2.24, 2.45) is 11.8 Å². The number of benzene rings is 1. The van der Waals surface area contributed by atoms with Crippen molar-refractivity contribution in [3.63, 3.8) is 0 Å². The number of nitrogens with one attached hydrogen (secondary N) is 2. The van der Waals surface area contributed by atoms with E-state index in [-0.39, 0.29) is 17.9 Å². The molecule has 5 nitrogen and oxygen atoms in total. The number of carbonyl (C=O) groups excluding carboxylic acids is 1. The highest BCUT2D eigenvalue weighted by molar-refractivity contribution is 9.10. The molecule has 0 aliphatic heterocycles. The van der Waals surface area contributed by atoms with E-state index in [4.69, 9.17) is 5.11 Å². The summed E-state index contributed by atoms with van der Waals surface area (Å²) in [7, 11) is 0. The zero-order valence-corrected chi connectivity index (χ0v) is 13.4. The minimum Gasteiger partial charge on any atom is -0.481 e. The molecule has 1 aliphatic rings. The predicted molar refractivity (Wildman–Crippen MR) is 84.4 cm³/mol. The van der Waals surface area contributed by atoms with Gasteiger partial charge in [0.25, 0.3) is 0 Å². The van der Waals surface area contributed by atoms with Crippen LogP contribution in [-0.2, 0) is 4.79 Å². The number of amides is 2. The molecule has 2 rings (SSSR count). The molecule has 21 heavy (non-hydrogen) atoms. The molecule has 0 saturated heterocycles.